The largest absolute Gasteiger partial charge is 0.420 e. The Morgan fingerprint density at radius 3 is 2.40 bits per heavy atom. The van der Waals surface area contributed by atoms with E-state index in [1.54, 1.807) is 4.57 Å². The number of halogens is 3. The number of rotatable bonds is 7. The second kappa shape index (κ2) is 11.4. The zero-order valence-electron chi connectivity index (χ0n) is 22.5. The molecule has 40 heavy (non-hydrogen) atoms. The van der Waals surface area contributed by atoms with Gasteiger partial charge in [-0.15, -0.1) is 0 Å². The summed E-state index contributed by atoms with van der Waals surface area (Å²) in [6.07, 6.45) is 4.84. The molecule has 0 unspecified atom stereocenters. The van der Waals surface area contributed by atoms with Gasteiger partial charge in [-0.2, -0.15) is 13.2 Å². The number of anilines is 1. The molecule has 5 rings (SSSR count). The number of aryl methyl sites for hydroxylation is 1. The molecule has 0 bridgehead atoms. The highest BCUT2D eigenvalue weighted by Gasteiger charge is 2.36. The van der Waals surface area contributed by atoms with Gasteiger partial charge in [0.1, 0.15) is 23.3 Å². The molecule has 216 valence electrons. The van der Waals surface area contributed by atoms with Crippen molar-refractivity contribution in [3.8, 4) is 17.1 Å². The Labute approximate surface area is 231 Å². The van der Waals surface area contributed by atoms with Crippen molar-refractivity contribution in [1.82, 2.24) is 33.7 Å². The summed E-state index contributed by atoms with van der Waals surface area (Å²) in [5.74, 6) is 0.0373. The first kappa shape index (κ1) is 28.4. The van der Waals surface area contributed by atoms with Crippen LogP contribution in [0.25, 0.3) is 17.1 Å². The Bertz CT molecular complexity index is 1450. The first-order valence-electron chi connectivity index (χ1n) is 13.4. The number of imidazole rings is 1. The summed E-state index contributed by atoms with van der Waals surface area (Å²) in [7, 11) is -3.29. The van der Waals surface area contributed by atoms with Gasteiger partial charge in [0, 0.05) is 38.1 Å². The van der Waals surface area contributed by atoms with Crippen LogP contribution in [0.5, 0.6) is 0 Å². The van der Waals surface area contributed by atoms with Gasteiger partial charge in [0.05, 0.1) is 23.3 Å². The van der Waals surface area contributed by atoms with Crippen molar-refractivity contribution in [1.29, 1.82) is 0 Å². The fourth-order valence-electron chi connectivity index (χ4n) is 5.26. The van der Waals surface area contributed by atoms with Crippen molar-refractivity contribution in [2.24, 2.45) is 0 Å². The van der Waals surface area contributed by atoms with Crippen molar-refractivity contribution in [2.45, 2.75) is 57.8 Å². The van der Waals surface area contributed by atoms with Crippen LogP contribution in [0.4, 0.5) is 19.1 Å². The van der Waals surface area contributed by atoms with Gasteiger partial charge >= 0.3 is 6.18 Å². The summed E-state index contributed by atoms with van der Waals surface area (Å²) in [6, 6.07) is 3.69. The number of piperidine rings is 2. The van der Waals surface area contributed by atoms with Crippen molar-refractivity contribution >= 4 is 16.0 Å². The van der Waals surface area contributed by atoms with E-state index >= 15 is 0 Å². The third-order valence-electron chi connectivity index (χ3n) is 7.40. The molecule has 3 aromatic heterocycles. The minimum atomic E-state index is -4.67. The molecule has 0 aromatic carbocycles. The number of nitrogens with one attached hydrogen (secondary N) is 1. The highest BCUT2D eigenvalue weighted by Crippen LogP contribution is 2.36. The Balaban J connectivity index is 1.36. The van der Waals surface area contributed by atoms with Crippen LogP contribution in [0.1, 0.15) is 49.1 Å². The van der Waals surface area contributed by atoms with Crippen molar-refractivity contribution < 1.29 is 21.6 Å². The number of hydrogen-bond acceptors (Lipinski definition) is 8. The van der Waals surface area contributed by atoms with Crippen LogP contribution in [-0.2, 0) is 22.7 Å². The van der Waals surface area contributed by atoms with Crippen LogP contribution in [0.3, 0.4) is 0 Å². The lowest BCUT2D eigenvalue weighted by atomic mass is 10.1. The highest BCUT2D eigenvalue weighted by molar-refractivity contribution is 7.88. The second-order valence-corrected chi connectivity index (χ2v) is 12.4. The van der Waals surface area contributed by atoms with E-state index in [1.807, 2.05) is 19.1 Å². The molecule has 14 heteroatoms. The number of pyridine rings is 1. The number of aromatic nitrogens is 5. The van der Waals surface area contributed by atoms with Crippen LogP contribution < -0.4 is 5.32 Å². The summed E-state index contributed by atoms with van der Waals surface area (Å²) in [5.41, 5.74) is 1.17. The Morgan fingerprint density at radius 2 is 1.75 bits per heavy atom. The third-order valence-corrected chi connectivity index (χ3v) is 8.71. The Morgan fingerprint density at radius 1 is 1.02 bits per heavy atom. The van der Waals surface area contributed by atoms with E-state index < -0.39 is 21.8 Å². The molecule has 0 atom stereocenters. The maximum atomic E-state index is 13.9. The minimum Gasteiger partial charge on any atom is -0.351 e. The molecule has 0 spiro atoms. The summed E-state index contributed by atoms with van der Waals surface area (Å²) in [6.45, 7) is 5.40. The van der Waals surface area contributed by atoms with E-state index in [2.05, 4.69) is 25.2 Å². The van der Waals surface area contributed by atoms with Gasteiger partial charge < -0.3 is 9.88 Å². The lowest BCUT2D eigenvalue weighted by Gasteiger charge is -2.30. The fourth-order valence-corrected chi connectivity index (χ4v) is 6.13. The van der Waals surface area contributed by atoms with Gasteiger partial charge in [0.25, 0.3) is 0 Å². The van der Waals surface area contributed by atoms with Gasteiger partial charge in [0.2, 0.25) is 16.0 Å². The average Bonchev–Trinajstić information content (AvgIpc) is 3.38. The lowest BCUT2D eigenvalue weighted by Crippen LogP contribution is -2.42. The highest BCUT2D eigenvalue weighted by atomic mass is 32.2. The van der Waals surface area contributed by atoms with Crippen LogP contribution in [-0.4, -0.2) is 80.6 Å². The average molecular weight is 579 g/mol. The SMILES string of the molecule is Cc1nc(CN2CCCCC2)ccc1-n1cnc(-c2nc(NC3CCN(S(C)(=O)=O)CC3)ncc2C(F)(F)F)c1. The molecule has 0 radical (unpaired) electrons. The number of sulfonamides is 1. The molecule has 10 nitrogen and oxygen atoms in total. The smallest absolute Gasteiger partial charge is 0.351 e. The second-order valence-electron chi connectivity index (χ2n) is 10.4. The van der Waals surface area contributed by atoms with Crippen molar-refractivity contribution in [3.05, 3.63) is 47.8 Å². The summed E-state index contributed by atoms with van der Waals surface area (Å²) in [4.78, 5) is 19.5. The third kappa shape index (κ3) is 6.61. The Kier molecular flexibility index (Phi) is 8.11. The standard InChI is InChI=1S/C26H33F3N8O2S/c1-18-23(7-6-20(32-18)15-35-10-4-3-5-11-35)36-16-22(31-17-36)24-21(26(27,28)29)14-30-25(34-24)33-19-8-12-37(13-9-19)40(2,38)39/h6-7,14,16-17,19H,3-5,8-13,15H2,1-2H3,(H,30,33,34). The summed E-state index contributed by atoms with van der Waals surface area (Å²) in [5, 5.41) is 3.07. The molecule has 2 saturated heterocycles. The first-order chi connectivity index (χ1) is 19.0. The Hall–Kier alpha value is -3.10. The first-order valence-corrected chi connectivity index (χ1v) is 15.2. The molecule has 3 aromatic rings. The maximum Gasteiger partial charge on any atom is 0.420 e. The molecule has 0 saturated carbocycles. The van der Waals surface area contributed by atoms with E-state index in [-0.39, 0.29) is 23.4 Å². The monoisotopic (exact) mass is 578 g/mol. The van der Waals surface area contributed by atoms with E-state index in [9.17, 15) is 21.6 Å². The van der Waals surface area contributed by atoms with Gasteiger partial charge in [-0.05, 0) is 57.8 Å². The van der Waals surface area contributed by atoms with Gasteiger partial charge in [-0.1, -0.05) is 6.42 Å². The number of likely N-dealkylation sites (tertiary alicyclic amines) is 1. The molecular formula is C26H33F3N8O2S. The molecule has 0 aliphatic carbocycles. The van der Waals surface area contributed by atoms with E-state index in [1.165, 1.54) is 36.1 Å². The molecule has 5 heterocycles. The molecule has 1 N–H and O–H groups in total. The molecule has 2 aliphatic heterocycles. The normalized spacial score (nSPS) is 18.2. The fraction of sp³-hybridized carbons (Fsp3) is 0.538. The molecule has 2 aliphatic rings. The minimum absolute atomic E-state index is 0.0373. The van der Waals surface area contributed by atoms with Crippen molar-refractivity contribution in [2.75, 3.05) is 37.8 Å². The number of nitrogens with zero attached hydrogens (tertiary/aromatic N) is 7. The maximum absolute atomic E-state index is 13.9. The quantitative estimate of drug-likeness (QED) is 0.450. The summed E-state index contributed by atoms with van der Waals surface area (Å²) < 4.78 is 68.3. The van der Waals surface area contributed by atoms with Crippen LogP contribution in [0.15, 0.2) is 30.9 Å². The van der Waals surface area contributed by atoms with Gasteiger partial charge in [-0.3, -0.25) is 9.88 Å². The topological polar surface area (TPSA) is 109 Å². The molecule has 2 fully saturated rings. The van der Waals surface area contributed by atoms with Crippen LogP contribution in [0.2, 0.25) is 0 Å². The predicted molar refractivity (Wildman–Crippen MR) is 144 cm³/mol. The predicted octanol–water partition coefficient (Wildman–Crippen LogP) is 3.87. The molecular weight excluding hydrogens is 545 g/mol. The zero-order valence-corrected chi connectivity index (χ0v) is 23.3. The van der Waals surface area contributed by atoms with E-state index in [0.717, 1.165) is 49.2 Å². The van der Waals surface area contributed by atoms with Crippen LogP contribution in [0, 0.1) is 6.92 Å². The van der Waals surface area contributed by atoms with Gasteiger partial charge in [0.15, 0.2) is 0 Å². The molecule has 0 amide bonds. The zero-order chi connectivity index (χ0) is 28.5. The van der Waals surface area contributed by atoms with Crippen LogP contribution >= 0.6 is 0 Å². The van der Waals surface area contributed by atoms with E-state index in [0.29, 0.717) is 25.9 Å². The van der Waals surface area contributed by atoms with E-state index in [4.69, 9.17) is 4.98 Å². The number of hydrogen-bond donors (Lipinski definition) is 1. The van der Waals surface area contributed by atoms with Crippen molar-refractivity contribution in [3.63, 3.8) is 0 Å². The summed E-state index contributed by atoms with van der Waals surface area (Å²) >= 11 is 0. The van der Waals surface area contributed by atoms with Gasteiger partial charge in [-0.25, -0.2) is 27.7 Å². The number of alkyl halides is 3. The lowest BCUT2D eigenvalue weighted by molar-refractivity contribution is -0.137.